The zero-order valence-corrected chi connectivity index (χ0v) is 15.6. The van der Waals surface area contributed by atoms with Crippen LogP contribution in [0.1, 0.15) is 38.2 Å². The Morgan fingerprint density at radius 3 is 2.63 bits per heavy atom. The highest BCUT2D eigenvalue weighted by Gasteiger charge is 2.41. The van der Waals surface area contributed by atoms with E-state index in [1.54, 1.807) is 10.7 Å². The van der Waals surface area contributed by atoms with Crippen LogP contribution in [0.5, 0.6) is 0 Å². The molecule has 0 unspecified atom stereocenters. The van der Waals surface area contributed by atoms with Crippen molar-refractivity contribution in [2.75, 3.05) is 0 Å². The lowest BCUT2D eigenvalue weighted by molar-refractivity contribution is 0.133. The summed E-state index contributed by atoms with van der Waals surface area (Å²) in [4.78, 5) is 12.5. The Morgan fingerprint density at radius 1 is 1.19 bits per heavy atom. The van der Waals surface area contributed by atoms with E-state index in [2.05, 4.69) is 25.7 Å². The Hall–Kier alpha value is -2.58. The van der Waals surface area contributed by atoms with Gasteiger partial charge in [-0.05, 0) is 66.8 Å². The van der Waals surface area contributed by atoms with Gasteiger partial charge in [0.2, 0.25) is 0 Å². The van der Waals surface area contributed by atoms with Crippen molar-refractivity contribution in [1.29, 1.82) is 0 Å². The number of nitrogens with two attached hydrogens (primary N) is 1. The third kappa shape index (κ3) is 3.26. The first-order valence-corrected chi connectivity index (χ1v) is 9.17. The lowest BCUT2D eigenvalue weighted by Gasteiger charge is -2.43. The largest absolute Gasteiger partial charge is 0.321 e. The number of benzene rings is 1. The average molecular weight is 386 g/mol. The molecule has 3 aromatic rings. The molecule has 9 heteroatoms. The summed E-state index contributed by atoms with van der Waals surface area (Å²) in [6.45, 7) is 2.04. The van der Waals surface area contributed by atoms with Gasteiger partial charge in [-0.15, -0.1) is 5.10 Å². The maximum Gasteiger partial charge on any atom is 0.267 e. The summed E-state index contributed by atoms with van der Waals surface area (Å²) >= 11 is 6.13. The van der Waals surface area contributed by atoms with Crippen LogP contribution in [0.3, 0.4) is 0 Å². The Morgan fingerprint density at radius 2 is 1.96 bits per heavy atom. The highest BCUT2D eigenvalue weighted by molar-refractivity contribution is 6.30. The molecule has 0 spiro atoms. The van der Waals surface area contributed by atoms with Crippen molar-refractivity contribution < 1.29 is 0 Å². The molecule has 0 radical (unpaired) electrons. The van der Waals surface area contributed by atoms with Gasteiger partial charge >= 0.3 is 0 Å². The molecule has 1 fully saturated rings. The van der Waals surface area contributed by atoms with Gasteiger partial charge in [-0.1, -0.05) is 23.7 Å². The number of tetrazole rings is 1. The molecule has 0 amide bonds. The summed E-state index contributed by atoms with van der Waals surface area (Å²) in [6.07, 6.45) is 2.90. The second kappa shape index (κ2) is 6.54. The van der Waals surface area contributed by atoms with Crippen molar-refractivity contribution in [2.24, 2.45) is 5.73 Å². The summed E-state index contributed by atoms with van der Waals surface area (Å²) in [5.41, 5.74) is 7.21. The highest BCUT2D eigenvalue weighted by Crippen LogP contribution is 2.42. The van der Waals surface area contributed by atoms with Crippen LogP contribution in [-0.4, -0.2) is 30.4 Å². The molecule has 0 atom stereocenters. The Labute approximate surface area is 160 Å². The van der Waals surface area contributed by atoms with Crippen LogP contribution in [-0.2, 0) is 11.1 Å². The number of hydrogen-bond donors (Lipinski definition) is 2. The monoisotopic (exact) mass is 385 g/mol. The maximum atomic E-state index is 12.5. The molecule has 0 aliphatic heterocycles. The van der Waals surface area contributed by atoms with Crippen LogP contribution in [0, 0.1) is 0 Å². The fraction of sp³-hybridized carbons (Fsp3) is 0.389. The zero-order chi connectivity index (χ0) is 19.1. The minimum Gasteiger partial charge on any atom is -0.321 e. The molecule has 1 saturated carbocycles. The quantitative estimate of drug-likeness (QED) is 0.714. The summed E-state index contributed by atoms with van der Waals surface area (Å²) in [7, 11) is 0. The van der Waals surface area contributed by atoms with Crippen LogP contribution in [0.2, 0.25) is 5.02 Å². The SMILES string of the molecule is CC1(n2nc(-c3nnn[nH]3)ccc2=O)CCC(N)(c2cccc(Cl)c2)CC1. The molecule has 140 valence electrons. The minimum atomic E-state index is -0.458. The standard InChI is InChI=1S/C18H20ClN7O/c1-17(26-15(27)6-5-14(23-26)16-21-24-25-22-16)7-9-18(20,10-8-17)12-3-2-4-13(19)11-12/h2-6,11H,7-10,20H2,1H3,(H,21,22,24,25). The predicted molar refractivity (Wildman–Crippen MR) is 101 cm³/mol. The third-order valence-corrected chi connectivity index (χ3v) is 5.75. The fourth-order valence-corrected chi connectivity index (χ4v) is 3.92. The van der Waals surface area contributed by atoms with Crippen molar-refractivity contribution in [2.45, 2.75) is 43.7 Å². The van der Waals surface area contributed by atoms with Gasteiger partial charge in [-0.3, -0.25) is 4.79 Å². The van der Waals surface area contributed by atoms with Crippen molar-refractivity contribution in [3.63, 3.8) is 0 Å². The van der Waals surface area contributed by atoms with E-state index < -0.39 is 11.1 Å². The number of H-pyrrole nitrogens is 1. The smallest absolute Gasteiger partial charge is 0.267 e. The second-order valence-corrected chi connectivity index (χ2v) is 7.82. The fourth-order valence-electron chi connectivity index (χ4n) is 3.73. The highest BCUT2D eigenvalue weighted by atomic mass is 35.5. The molecule has 8 nitrogen and oxygen atoms in total. The lowest BCUT2D eigenvalue weighted by atomic mass is 9.70. The average Bonchev–Trinajstić information content (AvgIpc) is 3.20. The zero-order valence-electron chi connectivity index (χ0n) is 14.9. The van der Waals surface area contributed by atoms with Gasteiger partial charge in [0.1, 0.15) is 5.69 Å². The normalized spacial score (nSPS) is 25.4. The minimum absolute atomic E-state index is 0.152. The van der Waals surface area contributed by atoms with Gasteiger partial charge in [0, 0.05) is 16.6 Å². The van der Waals surface area contributed by atoms with Crippen LogP contribution >= 0.6 is 11.6 Å². The predicted octanol–water partition coefficient (Wildman–Crippen LogP) is 2.22. The van der Waals surface area contributed by atoms with E-state index >= 15 is 0 Å². The van der Waals surface area contributed by atoms with Crippen LogP contribution in [0.4, 0.5) is 0 Å². The maximum absolute atomic E-state index is 12.5. The summed E-state index contributed by atoms with van der Waals surface area (Å²) in [5.74, 6) is 0.426. The first-order chi connectivity index (χ1) is 12.9. The number of aromatic amines is 1. The molecule has 4 rings (SSSR count). The van der Waals surface area contributed by atoms with Gasteiger partial charge in [0.05, 0.1) is 5.54 Å². The second-order valence-electron chi connectivity index (χ2n) is 7.38. The number of aromatic nitrogens is 6. The van der Waals surface area contributed by atoms with E-state index in [0.717, 1.165) is 31.2 Å². The van der Waals surface area contributed by atoms with Gasteiger partial charge in [0.25, 0.3) is 5.56 Å². The molecule has 1 aliphatic carbocycles. The molecule has 1 aromatic carbocycles. The Bertz CT molecular complexity index is 1010. The number of nitrogens with one attached hydrogen (secondary N) is 1. The summed E-state index contributed by atoms with van der Waals surface area (Å²) in [6, 6.07) is 10.8. The molecule has 2 heterocycles. The molecule has 0 saturated heterocycles. The van der Waals surface area contributed by atoms with E-state index in [-0.39, 0.29) is 5.56 Å². The van der Waals surface area contributed by atoms with E-state index in [0.29, 0.717) is 16.5 Å². The molecular weight excluding hydrogens is 366 g/mol. The van der Waals surface area contributed by atoms with Crippen LogP contribution in [0.25, 0.3) is 11.5 Å². The number of hydrogen-bond acceptors (Lipinski definition) is 6. The number of nitrogens with zero attached hydrogens (tertiary/aromatic N) is 5. The van der Waals surface area contributed by atoms with Gasteiger partial charge in [-0.2, -0.15) is 5.10 Å². The summed E-state index contributed by atoms with van der Waals surface area (Å²) in [5, 5.41) is 18.9. The molecule has 1 aliphatic rings. The first kappa shape index (κ1) is 17.8. The molecule has 0 bridgehead atoms. The van der Waals surface area contributed by atoms with E-state index in [4.69, 9.17) is 17.3 Å². The van der Waals surface area contributed by atoms with E-state index in [1.807, 2.05) is 31.2 Å². The van der Waals surface area contributed by atoms with Crippen molar-refractivity contribution in [1.82, 2.24) is 30.4 Å². The van der Waals surface area contributed by atoms with Gasteiger partial charge in [-0.25, -0.2) is 9.78 Å². The molecule has 2 aromatic heterocycles. The van der Waals surface area contributed by atoms with Gasteiger partial charge < -0.3 is 5.73 Å². The Balaban J connectivity index is 1.63. The summed E-state index contributed by atoms with van der Waals surface area (Å²) < 4.78 is 1.54. The van der Waals surface area contributed by atoms with Crippen molar-refractivity contribution >= 4 is 11.6 Å². The lowest BCUT2D eigenvalue weighted by Crippen LogP contribution is -2.49. The van der Waals surface area contributed by atoms with Gasteiger partial charge in [0.15, 0.2) is 5.82 Å². The Kier molecular flexibility index (Phi) is 4.32. The van der Waals surface area contributed by atoms with Crippen LogP contribution in [0.15, 0.2) is 41.2 Å². The first-order valence-electron chi connectivity index (χ1n) is 8.80. The molecule has 3 N–H and O–H groups in total. The van der Waals surface area contributed by atoms with E-state index in [9.17, 15) is 4.79 Å². The third-order valence-electron chi connectivity index (χ3n) is 5.52. The number of halogens is 1. The van der Waals surface area contributed by atoms with Crippen LogP contribution < -0.4 is 11.3 Å². The van der Waals surface area contributed by atoms with Crippen molar-refractivity contribution in [3.05, 3.63) is 57.3 Å². The van der Waals surface area contributed by atoms with E-state index in [1.165, 1.54) is 6.07 Å². The number of rotatable bonds is 3. The molecular formula is C18H20ClN7O. The molecule has 27 heavy (non-hydrogen) atoms. The van der Waals surface area contributed by atoms with Crippen molar-refractivity contribution in [3.8, 4) is 11.5 Å². The topological polar surface area (TPSA) is 115 Å².